The molecule has 0 radical (unpaired) electrons. The molecule has 6 nitrogen and oxygen atoms in total. The van der Waals surface area contributed by atoms with Crippen LogP contribution < -0.4 is 25.0 Å². The molecular weight excluding hydrogens is 515 g/mol. The minimum atomic E-state index is -0.251. The van der Waals surface area contributed by atoms with Gasteiger partial charge in [0.1, 0.15) is 5.82 Å². The lowest BCUT2D eigenvalue weighted by atomic mass is 10.0. The molecule has 2 aliphatic rings. The Morgan fingerprint density at radius 1 is 0.780 bits per heavy atom. The summed E-state index contributed by atoms with van der Waals surface area (Å²) in [4.78, 5) is 7.32. The molecule has 7 heteroatoms. The number of benzene rings is 4. The molecule has 2 aliphatic heterocycles. The minimum absolute atomic E-state index is 0.246. The van der Waals surface area contributed by atoms with Crippen molar-refractivity contribution in [3.8, 4) is 22.6 Å². The van der Waals surface area contributed by atoms with Gasteiger partial charge in [-0.2, -0.15) is 0 Å². The zero-order chi connectivity index (χ0) is 27.6. The molecule has 0 bridgehead atoms. The molecule has 0 amide bonds. The molecule has 1 fully saturated rings. The number of nitrogens with one attached hydrogen (secondary N) is 2. The van der Waals surface area contributed by atoms with Gasteiger partial charge in [-0.15, -0.1) is 0 Å². The Morgan fingerprint density at radius 2 is 1.54 bits per heavy atom. The highest BCUT2D eigenvalue weighted by Crippen LogP contribution is 2.38. The number of nitrogens with zero attached hydrogens (tertiary/aromatic N) is 2. The lowest BCUT2D eigenvalue weighted by Crippen LogP contribution is -2.43. The monoisotopic (exact) mass is 544 g/mol. The Labute approximate surface area is 238 Å². The maximum atomic E-state index is 13.4. The highest BCUT2D eigenvalue weighted by atomic mass is 19.1. The van der Waals surface area contributed by atoms with Crippen LogP contribution in [0.5, 0.6) is 11.5 Å². The number of anilines is 3. The van der Waals surface area contributed by atoms with Crippen LogP contribution in [0.2, 0.25) is 0 Å². The summed E-state index contributed by atoms with van der Waals surface area (Å²) in [5.74, 6) is 1.27. The van der Waals surface area contributed by atoms with Crippen LogP contribution in [0.1, 0.15) is 11.3 Å². The van der Waals surface area contributed by atoms with Gasteiger partial charge in [0.05, 0.1) is 16.9 Å². The molecule has 204 valence electrons. The Hall–Kier alpha value is -4.88. The molecule has 3 heterocycles. The summed E-state index contributed by atoms with van der Waals surface area (Å²) in [5, 5.41) is 8.06. The first-order chi connectivity index (χ1) is 20.2. The number of pyridine rings is 1. The van der Waals surface area contributed by atoms with E-state index in [1.807, 2.05) is 36.4 Å². The highest BCUT2D eigenvalue weighted by molar-refractivity contribution is 5.97. The SMILES string of the molecule is Fc1ccc(/C=C/c2cc(Nc3ccc(N4CCNCC4)cc3)c3cc(-c4ccc5c(c4)OCO5)ccc3n2)cc1. The normalized spacial score (nSPS) is 14.6. The van der Waals surface area contributed by atoms with Crippen LogP contribution >= 0.6 is 0 Å². The van der Waals surface area contributed by atoms with Gasteiger partial charge in [0.2, 0.25) is 6.79 Å². The smallest absolute Gasteiger partial charge is 0.231 e. The number of rotatable bonds is 6. The van der Waals surface area contributed by atoms with E-state index in [0.717, 1.165) is 82.3 Å². The Bertz CT molecular complexity index is 1730. The van der Waals surface area contributed by atoms with E-state index in [1.54, 1.807) is 12.1 Å². The summed E-state index contributed by atoms with van der Waals surface area (Å²) >= 11 is 0. The molecule has 5 aromatic rings. The summed E-state index contributed by atoms with van der Waals surface area (Å²) in [6.07, 6.45) is 3.90. The third-order valence-electron chi connectivity index (χ3n) is 7.48. The Kier molecular flexibility index (Phi) is 6.70. The second-order valence-electron chi connectivity index (χ2n) is 10.2. The first kappa shape index (κ1) is 25.1. The quantitative estimate of drug-likeness (QED) is 0.238. The van der Waals surface area contributed by atoms with Gasteiger partial charge in [-0.25, -0.2) is 9.37 Å². The Balaban J connectivity index is 1.25. The third-order valence-corrected chi connectivity index (χ3v) is 7.48. The van der Waals surface area contributed by atoms with E-state index >= 15 is 0 Å². The molecule has 0 aliphatic carbocycles. The van der Waals surface area contributed by atoms with Gasteiger partial charge in [0.15, 0.2) is 11.5 Å². The van der Waals surface area contributed by atoms with E-state index in [2.05, 4.69) is 58.0 Å². The molecule has 41 heavy (non-hydrogen) atoms. The van der Waals surface area contributed by atoms with E-state index < -0.39 is 0 Å². The lowest BCUT2D eigenvalue weighted by molar-refractivity contribution is 0.174. The van der Waals surface area contributed by atoms with Gasteiger partial charge in [-0.3, -0.25) is 0 Å². The standard InChI is InChI=1S/C34H29FN4O2/c35-26-6-1-23(2-7-26)3-8-28-21-32(37-27-9-11-29(12-10-27)39-17-15-36-16-18-39)30-19-24(4-13-31(30)38-28)25-5-14-33-34(20-25)41-22-40-33/h1-14,19-21,36H,15-18,22H2,(H,37,38)/b8-3+. The van der Waals surface area contributed by atoms with E-state index in [9.17, 15) is 4.39 Å². The number of hydrogen-bond acceptors (Lipinski definition) is 6. The van der Waals surface area contributed by atoms with Crippen LogP contribution in [0.15, 0.2) is 91.0 Å². The van der Waals surface area contributed by atoms with Crippen molar-refractivity contribution in [1.82, 2.24) is 10.3 Å². The second kappa shape index (κ2) is 10.9. The minimum Gasteiger partial charge on any atom is -0.454 e. The summed E-state index contributed by atoms with van der Waals surface area (Å²) in [6, 6.07) is 29.4. The van der Waals surface area contributed by atoms with Crippen molar-refractivity contribution in [3.63, 3.8) is 0 Å². The van der Waals surface area contributed by atoms with Crippen molar-refractivity contribution in [1.29, 1.82) is 0 Å². The molecule has 0 atom stereocenters. The molecular formula is C34H29FN4O2. The first-order valence-electron chi connectivity index (χ1n) is 13.8. The molecule has 2 N–H and O–H groups in total. The predicted octanol–water partition coefficient (Wildman–Crippen LogP) is 7.09. The van der Waals surface area contributed by atoms with Gasteiger partial charge in [0.25, 0.3) is 0 Å². The van der Waals surface area contributed by atoms with Crippen molar-refractivity contribution in [2.24, 2.45) is 0 Å². The van der Waals surface area contributed by atoms with Crippen LogP contribution in [-0.2, 0) is 0 Å². The molecule has 1 aromatic heterocycles. The van der Waals surface area contributed by atoms with Crippen LogP contribution in [0, 0.1) is 5.82 Å². The van der Waals surface area contributed by atoms with E-state index in [1.165, 1.54) is 17.8 Å². The summed E-state index contributed by atoms with van der Waals surface area (Å²) in [7, 11) is 0. The van der Waals surface area contributed by atoms with Gasteiger partial charge >= 0.3 is 0 Å². The number of hydrogen-bond donors (Lipinski definition) is 2. The largest absolute Gasteiger partial charge is 0.454 e. The van der Waals surface area contributed by atoms with E-state index in [0.29, 0.717) is 0 Å². The van der Waals surface area contributed by atoms with E-state index in [-0.39, 0.29) is 12.6 Å². The number of ether oxygens (including phenoxy) is 2. The number of piperazine rings is 1. The number of aromatic nitrogens is 1. The highest BCUT2D eigenvalue weighted by Gasteiger charge is 2.15. The molecule has 7 rings (SSSR count). The average molecular weight is 545 g/mol. The van der Waals surface area contributed by atoms with Gasteiger partial charge in [-0.05, 0) is 89.5 Å². The van der Waals surface area contributed by atoms with Gasteiger partial charge < -0.3 is 25.0 Å². The van der Waals surface area contributed by atoms with Gasteiger partial charge in [0, 0.05) is 42.9 Å². The molecule has 0 saturated carbocycles. The van der Waals surface area contributed by atoms with Crippen molar-refractivity contribution in [2.45, 2.75) is 0 Å². The molecule has 4 aromatic carbocycles. The summed E-state index contributed by atoms with van der Waals surface area (Å²) < 4.78 is 24.5. The zero-order valence-electron chi connectivity index (χ0n) is 22.4. The van der Waals surface area contributed by atoms with Crippen LogP contribution in [0.25, 0.3) is 34.2 Å². The topological polar surface area (TPSA) is 58.7 Å². The predicted molar refractivity (Wildman–Crippen MR) is 163 cm³/mol. The lowest BCUT2D eigenvalue weighted by Gasteiger charge is -2.29. The number of fused-ring (bicyclic) bond motifs is 2. The second-order valence-corrected chi connectivity index (χ2v) is 10.2. The molecule has 0 spiro atoms. The average Bonchev–Trinajstić information content (AvgIpc) is 3.50. The van der Waals surface area contributed by atoms with Crippen LogP contribution in [-0.4, -0.2) is 38.0 Å². The fourth-order valence-corrected chi connectivity index (χ4v) is 5.28. The van der Waals surface area contributed by atoms with Crippen molar-refractivity contribution < 1.29 is 13.9 Å². The maximum Gasteiger partial charge on any atom is 0.231 e. The van der Waals surface area contributed by atoms with Crippen molar-refractivity contribution in [3.05, 3.63) is 108 Å². The van der Waals surface area contributed by atoms with Crippen molar-refractivity contribution >= 4 is 40.1 Å². The first-order valence-corrected chi connectivity index (χ1v) is 13.8. The van der Waals surface area contributed by atoms with Crippen molar-refractivity contribution in [2.75, 3.05) is 43.2 Å². The summed E-state index contributed by atoms with van der Waals surface area (Å²) in [6.45, 7) is 4.27. The van der Waals surface area contributed by atoms with Gasteiger partial charge in [-0.1, -0.05) is 30.3 Å². The molecule has 0 unspecified atom stereocenters. The van der Waals surface area contributed by atoms with Crippen LogP contribution in [0.3, 0.4) is 0 Å². The number of halogens is 1. The van der Waals surface area contributed by atoms with E-state index in [4.69, 9.17) is 14.5 Å². The fraction of sp³-hybridized carbons (Fsp3) is 0.147. The Morgan fingerprint density at radius 3 is 2.37 bits per heavy atom. The third kappa shape index (κ3) is 5.44. The van der Waals surface area contributed by atoms with Crippen LogP contribution in [0.4, 0.5) is 21.5 Å². The molecule has 1 saturated heterocycles. The maximum absolute atomic E-state index is 13.4. The zero-order valence-corrected chi connectivity index (χ0v) is 22.4. The summed E-state index contributed by atoms with van der Waals surface area (Å²) in [5.41, 5.74) is 7.86. The fourth-order valence-electron chi connectivity index (χ4n) is 5.28.